The summed E-state index contributed by atoms with van der Waals surface area (Å²) in [6, 6.07) is 2.73. The van der Waals surface area contributed by atoms with Crippen molar-refractivity contribution in [1.82, 2.24) is 5.32 Å². The summed E-state index contributed by atoms with van der Waals surface area (Å²) in [5.41, 5.74) is -0.888. The van der Waals surface area contributed by atoms with Crippen molar-refractivity contribution in [3.63, 3.8) is 0 Å². The maximum atomic E-state index is 12.7. The van der Waals surface area contributed by atoms with Crippen molar-refractivity contribution < 1.29 is 32.2 Å². The molecule has 0 saturated heterocycles. The first-order chi connectivity index (χ1) is 11.6. The van der Waals surface area contributed by atoms with E-state index in [2.05, 4.69) is 5.32 Å². The minimum atomic E-state index is -4.53. The number of rotatable bonds is 7. The Hall–Kier alpha value is -2.06. The zero-order valence-electron chi connectivity index (χ0n) is 13.5. The SMILES string of the molecule is COCCNC(=O)[C@@H](C)OC(=O)/C=C/c1cc(C(F)(F)F)ccc1Cl. The molecule has 0 spiro atoms. The Morgan fingerprint density at radius 1 is 1.36 bits per heavy atom. The van der Waals surface area contributed by atoms with Crippen molar-refractivity contribution >= 4 is 29.6 Å². The van der Waals surface area contributed by atoms with Crippen LogP contribution in [-0.2, 0) is 25.2 Å². The summed E-state index contributed by atoms with van der Waals surface area (Å²) >= 11 is 5.81. The zero-order chi connectivity index (χ0) is 19.0. The number of hydrogen-bond donors (Lipinski definition) is 1. The van der Waals surface area contributed by atoms with E-state index in [1.165, 1.54) is 14.0 Å². The number of methoxy groups -OCH3 is 1. The zero-order valence-corrected chi connectivity index (χ0v) is 14.3. The van der Waals surface area contributed by atoms with Crippen molar-refractivity contribution in [3.8, 4) is 0 Å². The quantitative estimate of drug-likeness (QED) is 0.449. The minimum Gasteiger partial charge on any atom is -0.449 e. The third-order valence-electron chi connectivity index (χ3n) is 2.99. The van der Waals surface area contributed by atoms with E-state index in [1.54, 1.807) is 0 Å². The molecule has 1 aromatic carbocycles. The number of benzene rings is 1. The molecule has 0 radical (unpaired) electrons. The van der Waals surface area contributed by atoms with Crippen LogP contribution in [0.2, 0.25) is 5.02 Å². The fraction of sp³-hybridized carbons (Fsp3) is 0.375. The molecular formula is C16H17ClF3NO4. The maximum absolute atomic E-state index is 12.7. The molecule has 138 valence electrons. The van der Waals surface area contributed by atoms with E-state index in [4.69, 9.17) is 21.1 Å². The van der Waals surface area contributed by atoms with Crippen molar-refractivity contribution in [2.45, 2.75) is 19.2 Å². The van der Waals surface area contributed by atoms with Crippen LogP contribution in [-0.4, -0.2) is 38.2 Å². The van der Waals surface area contributed by atoms with Gasteiger partial charge in [0.1, 0.15) is 0 Å². The Kier molecular flexibility index (Phi) is 7.92. The third-order valence-corrected chi connectivity index (χ3v) is 3.33. The van der Waals surface area contributed by atoms with E-state index in [0.29, 0.717) is 6.61 Å². The molecule has 0 saturated carbocycles. The lowest BCUT2D eigenvalue weighted by atomic mass is 10.1. The number of hydrogen-bond acceptors (Lipinski definition) is 4. The van der Waals surface area contributed by atoms with Crippen molar-refractivity contribution in [3.05, 3.63) is 40.4 Å². The van der Waals surface area contributed by atoms with Crippen LogP contribution in [0.15, 0.2) is 24.3 Å². The first-order valence-corrected chi connectivity index (χ1v) is 7.55. The highest BCUT2D eigenvalue weighted by Crippen LogP contribution is 2.32. The molecule has 0 aliphatic heterocycles. The number of nitrogens with one attached hydrogen (secondary N) is 1. The third kappa shape index (κ3) is 7.15. The van der Waals surface area contributed by atoms with Crippen LogP contribution in [0.4, 0.5) is 13.2 Å². The van der Waals surface area contributed by atoms with Gasteiger partial charge in [0.05, 0.1) is 12.2 Å². The lowest BCUT2D eigenvalue weighted by Gasteiger charge is -2.12. The molecular weight excluding hydrogens is 363 g/mol. The Morgan fingerprint density at radius 3 is 2.64 bits per heavy atom. The fourth-order valence-electron chi connectivity index (χ4n) is 1.69. The van der Waals surface area contributed by atoms with Crippen molar-refractivity contribution in [1.29, 1.82) is 0 Å². The topological polar surface area (TPSA) is 64.6 Å². The van der Waals surface area contributed by atoms with Gasteiger partial charge in [0.2, 0.25) is 0 Å². The molecule has 5 nitrogen and oxygen atoms in total. The average molecular weight is 380 g/mol. The van der Waals surface area contributed by atoms with Gasteiger partial charge in [-0.25, -0.2) is 4.79 Å². The lowest BCUT2D eigenvalue weighted by Crippen LogP contribution is -2.37. The van der Waals surface area contributed by atoms with Gasteiger partial charge in [-0.05, 0) is 36.8 Å². The van der Waals surface area contributed by atoms with Crippen LogP contribution in [0.1, 0.15) is 18.1 Å². The van der Waals surface area contributed by atoms with Crippen molar-refractivity contribution in [2.24, 2.45) is 0 Å². The van der Waals surface area contributed by atoms with Gasteiger partial charge < -0.3 is 14.8 Å². The van der Waals surface area contributed by atoms with Gasteiger partial charge in [0, 0.05) is 24.8 Å². The molecule has 0 aliphatic rings. The van der Waals surface area contributed by atoms with Crippen LogP contribution >= 0.6 is 11.6 Å². The van der Waals surface area contributed by atoms with Gasteiger partial charge in [-0.3, -0.25) is 4.79 Å². The van der Waals surface area contributed by atoms with Crippen molar-refractivity contribution in [2.75, 3.05) is 20.3 Å². The molecule has 1 aromatic rings. The van der Waals surface area contributed by atoms with E-state index in [1.807, 2.05) is 0 Å². The summed E-state index contributed by atoms with van der Waals surface area (Å²) in [4.78, 5) is 23.3. The number of ether oxygens (including phenoxy) is 2. The van der Waals surface area contributed by atoms with Gasteiger partial charge in [0.15, 0.2) is 6.10 Å². The molecule has 1 atom stereocenters. The minimum absolute atomic E-state index is 0.00522. The van der Waals surface area contributed by atoms with Crippen LogP contribution in [0.5, 0.6) is 0 Å². The summed E-state index contributed by atoms with van der Waals surface area (Å²) in [7, 11) is 1.47. The standard InChI is InChI=1S/C16H17ClF3NO4/c1-10(15(23)21-7-8-24-2)25-14(22)6-3-11-9-12(16(18,19)20)4-5-13(11)17/h3-6,9-10H,7-8H2,1-2H3,(H,21,23)/b6-3+/t10-/m1/s1. The molecule has 25 heavy (non-hydrogen) atoms. The first-order valence-electron chi connectivity index (χ1n) is 7.17. The molecule has 0 fully saturated rings. The molecule has 0 aliphatic carbocycles. The van der Waals surface area contributed by atoms with E-state index < -0.39 is 29.7 Å². The first kappa shape index (κ1) is 21.0. The molecule has 1 N–H and O–H groups in total. The van der Waals surface area contributed by atoms with Crippen LogP contribution in [0.3, 0.4) is 0 Å². The monoisotopic (exact) mass is 379 g/mol. The summed E-state index contributed by atoms with van der Waals surface area (Å²) in [6.07, 6.45) is -3.59. The van der Waals surface area contributed by atoms with Gasteiger partial charge in [-0.2, -0.15) is 13.2 Å². The second-order valence-corrected chi connectivity index (χ2v) is 5.34. The fourth-order valence-corrected chi connectivity index (χ4v) is 1.87. The predicted octanol–water partition coefficient (Wildman–Crippen LogP) is 3.07. The van der Waals surface area contributed by atoms with E-state index in [-0.39, 0.29) is 17.1 Å². The highest BCUT2D eigenvalue weighted by molar-refractivity contribution is 6.32. The number of alkyl halides is 3. The summed E-state index contributed by atoms with van der Waals surface area (Å²) in [6.45, 7) is 1.93. The molecule has 0 bridgehead atoms. The normalized spacial score (nSPS) is 12.9. The Morgan fingerprint density at radius 2 is 2.04 bits per heavy atom. The molecule has 0 heterocycles. The summed E-state index contributed by atoms with van der Waals surface area (Å²) in [5.74, 6) is -1.40. The number of carbonyl (C=O) groups excluding carboxylic acids is 2. The van der Waals surface area contributed by atoms with E-state index in [0.717, 1.165) is 30.4 Å². The highest BCUT2D eigenvalue weighted by Gasteiger charge is 2.30. The smallest absolute Gasteiger partial charge is 0.416 e. The molecule has 0 aromatic heterocycles. The summed E-state index contributed by atoms with van der Waals surface area (Å²) < 4.78 is 47.6. The van der Waals surface area contributed by atoms with Gasteiger partial charge in [-0.15, -0.1) is 0 Å². The second kappa shape index (κ2) is 9.43. The molecule has 9 heteroatoms. The molecule has 1 rings (SSSR count). The van der Waals surface area contributed by atoms with Crippen LogP contribution in [0, 0.1) is 0 Å². The second-order valence-electron chi connectivity index (χ2n) is 4.93. The maximum Gasteiger partial charge on any atom is 0.416 e. The number of carbonyl (C=O) groups is 2. The molecule has 0 unspecified atom stereocenters. The number of halogens is 4. The highest BCUT2D eigenvalue weighted by atomic mass is 35.5. The predicted molar refractivity (Wildman–Crippen MR) is 85.9 cm³/mol. The average Bonchev–Trinajstić information content (AvgIpc) is 2.53. The van der Waals surface area contributed by atoms with Crippen LogP contribution in [0.25, 0.3) is 6.08 Å². The lowest BCUT2D eigenvalue weighted by molar-refractivity contribution is -0.150. The number of esters is 1. The van der Waals surface area contributed by atoms with E-state index >= 15 is 0 Å². The Bertz CT molecular complexity index is 647. The van der Waals surface area contributed by atoms with Gasteiger partial charge in [0.25, 0.3) is 5.91 Å². The molecule has 1 amide bonds. The van der Waals surface area contributed by atoms with Crippen LogP contribution < -0.4 is 5.32 Å². The Labute approximate surface area is 147 Å². The largest absolute Gasteiger partial charge is 0.449 e. The number of amides is 1. The van der Waals surface area contributed by atoms with Gasteiger partial charge in [-0.1, -0.05) is 11.6 Å². The van der Waals surface area contributed by atoms with E-state index in [9.17, 15) is 22.8 Å². The Balaban J connectivity index is 2.69. The van der Waals surface area contributed by atoms with Gasteiger partial charge >= 0.3 is 12.1 Å². The summed E-state index contributed by atoms with van der Waals surface area (Å²) in [5, 5.41) is 2.53.